The lowest BCUT2D eigenvalue weighted by molar-refractivity contribution is -0.273. The fraction of sp³-hybridized carbons (Fsp3) is 0.846. The average molecular weight is 338 g/mol. The monoisotopic (exact) mass is 338 g/mol. The van der Waals surface area contributed by atoms with E-state index in [1.807, 2.05) is 30.2 Å². The van der Waals surface area contributed by atoms with E-state index in [0.717, 1.165) is 0 Å². The maximum absolute atomic E-state index is 12.8. The van der Waals surface area contributed by atoms with Gasteiger partial charge in [-0.3, -0.25) is 4.90 Å². The summed E-state index contributed by atoms with van der Waals surface area (Å²) in [6.45, 7) is 6.63. The molecule has 1 saturated heterocycles. The maximum Gasteiger partial charge on any atom is 0.417 e. The molecule has 0 aliphatic carbocycles. The Morgan fingerprint density at radius 3 is 2.23 bits per heavy atom. The number of aromatic nitrogens is 3. The summed E-state index contributed by atoms with van der Waals surface area (Å²) in [6, 6.07) is 0. The molecule has 1 aliphatic heterocycles. The van der Waals surface area contributed by atoms with Gasteiger partial charge in [0.1, 0.15) is 6.33 Å². The van der Waals surface area contributed by atoms with E-state index in [1.165, 1.54) is 0 Å². The summed E-state index contributed by atoms with van der Waals surface area (Å²) in [5.41, 5.74) is -2.77. The van der Waals surface area contributed by atoms with Crippen LogP contribution in [0.15, 0.2) is 6.33 Å². The van der Waals surface area contributed by atoms with Crippen LogP contribution in [-0.2, 0) is 12.2 Å². The van der Waals surface area contributed by atoms with Crippen molar-refractivity contribution in [3.05, 3.63) is 11.1 Å². The number of alkyl halides is 3. The molecule has 1 aromatic heterocycles. The molecule has 22 heavy (non-hydrogen) atoms. The Kier molecular flexibility index (Phi) is 4.44. The van der Waals surface area contributed by atoms with Crippen molar-refractivity contribution in [2.45, 2.75) is 57.6 Å². The molecule has 0 amide bonds. The van der Waals surface area contributed by atoms with Gasteiger partial charge in [0.2, 0.25) is 0 Å². The third kappa shape index (κ3) is 3.36. The van der Waals surface area contributed by atoms with Crippen LogP contribution in [0.3, 0.4) is 0 Å². The number of likely N-dealkylation sites (tertiary alicyclic amines) is 1. The van der Waals surface area contributed by atoms with Crippen molar-refractivity contribution in [3.8, 4) is 0 Å². The first-order valence-electron chi connectivity index (χ1n) is 7.10. The molecule has 2 heterocycles. The molecule has 2 rings (SSSR count). The van der Waals surface area contributed by atoms with E-state index >= 15 is 0 Å². The molecule has 1 N–H and O–H groups in total. The Balaban J connectivity index is 2.04. The molecule has 1 fully saturated rings. The third-order valence-electron chi connectivity index (χ3n) is 4.00. The predicted molar refractivity (Wildman–Crippen MR) is 77.9 cm³/mol. The standard InChI is InChI=1S/C13H21F3N4OS/c1-11(2,3)19-8-17-20(10(19)22)9-18-6-4-12(21,5-7-18)13(14,15)16/h8,21H,4-7,9H2,1-3H3. The van der Waals surface area contributed by atoms with Crippen molar-refractivity contribution >= 4 is 12.2 Å². The van der Waals surface area contributed by atoms with Crippen LogP contribution >= 0.6 is 12.2 Å². The summed E-state index contributed by atoms with van der Waals surface area (Å²) in [5.74, 6) is 0. The Bertz CT molecular complexity index is 579. The van der Waals surface area contributed by atoms with Crippen molar-refractivity contribution in [1.82, 2.24) is 19.2 Å². The second-order valence-electron chi connectivity index (χ2n) is 6.74. The van der Waals surface area contributed by atoms with Crippen LogP contribution in [0.5, 0.6) is 0 Å². The molecule has 0 aromatic carbocycles. The van der Waals surface area contributed by atoms with Crippen molar-refractivity contribution in [2.75, 3.05) is 13.1 Å². The van der Waals surface area contributed by atoms with E-state index in [4.69, 9.17) is 12.2 Å². The summed E-state index contributed by atoms with van der Waals surface area (Å²) in [6.07, 6.45) is -3.60. The van der Waals surface area contributed by atoms with Gasteiger partial charge >= 0.3 is 6.18 Å². The van der Waals surface area contributed by atoms with Gasteiger partial charge in [-0.25, -0.2) is 4.68 Å². The Morgan fingerprint density at radius 2 is 1.82 bits per heavy atom. The molecule has 0 unspecified atom stereocenters. The van der Waals surface area contributed by atoms with Crippen LogP contribution in [0.4, 0.5) is 13.2 Å². The number of nitrogens with zero attached hydrogens (tertiary/aromatic N) is 4. The molecule has 0 spiro atoms. The smallest absolute Gasteiger partial charge is 0.380 e. The van der Waals surface area contributed by atoms with Crippen molar-refractivity contribution < 1.29 is 18.3 Å². The molecule has 0 saturated carbocycles. The third-order valence-corrected chi connectivity index (χ3v) is 4.41. The van der Waals surface area contributed by atoms with Crippen LogP contribution in [0.2, 0.25) is 0 Å². The van der Waals surface area contributed by atoms with E-state index in [-0.39, 0.29) is 31.5 Å². The zero-order chi connectivity index (χ0) is 16.8. The van der Waals surface area contributed by atoms with E-state index < -0.39 is 11.8 Å². The molecular formula is C13H21F3N4OS. The lowest BCUT2D eigenvalue weighted by Crippen LogP contribution is -2.53. The Hall–Kier alpha value is -0.930. The van der Waals surface area contributed by atoms with Gasteiger partial charge in [0, 0.05) is 18.6 Å². The maximum atomic E-state index is 12.8. The highest BCUT2D eigenvalue weighted by atomic mass is 32.1. The number of aliphatic hydroxyl groups is 1. The van der Waals surface area contributed by atoms with E-state index in [2.05, 4.69) is 5.10 Å². The molecule has 126 valence electrons. The number of rotatable bonds is 2. The largest absolute Gasteiger partial charge is 0.417 e. The predicted octanol–water partition coefficient (Wildman–Crippen LogP) is 2.52. The minimum Gasteiger partial charge on any atom is -0.380 e. The van der Waals surface area contributed by atoms with Gasteiger partial charge in [-0.2, -0.15) is 18.3 Å². The normalized spacial score (nSPS) is 20.3. The highest BCUT2D eigenvalue weighted by molar-refractivity contribution is 7.71. The molecule has 1 aromatic rings. The van der Waals surface area contributed by atoms with Gasteiger partial charge in [0.05, 0.1) is 6.67 Å². The SMILES string of the molecule is CC(C)(C)n1cnn(CN2CCC(O)(C(F)(F)F)CC2)c1=S. The zero-order valence-electron chi connectivity index (χ0n) is 12.9. The Labute approximate surface area is 132 Å². The lowest BCUT2D eigenvalue weighted by Gasteiger charge is -2.38. The minimum absolute atomic E-state index is 0.153. The molecule has 5 nitrogen and oxygen atoms in total. The van der Waals surface area contributed by atoms with Crippen LogP contribution in [0.25, 0.3) is 0 Å². The zero-order valence-corrected chi connectivity index (χ0v) is 13.7. The quantitative estimate of drug-likeness (QED) is 0.842. The van der Waals surface area contributed by atoms with Crippen LogP contribution < -0.4 is 0 Å². The second-order valence-corrected chi connectivity index (χ2v) is 7.11. The van der Waals surface area contributed by atoms with Crippen LogP contribution in [0, 0.1) is 4.77 Å². The molecule has 0 bridgehead atoms. The minimum atomic E-state index is -4.58. The summed E-state index contributed by atoms with van der Waals surface area (Å²) >= 11 is 5.35. The van der Waals surface area contributed by atoms with Crippen molar-refractivity contribution in [1.29, 1.82) is 0 Å². The highest BCUT2D eigenvalue weighted by Crippen LogP contribution is 2.38. The molecule has 1 aliphatic rings. The number of hydrogen-bond acceptors (Lipinski definition) is 4. The van der Waals surface area contributed by atoms with Gasteiger partial charge in [-0.15, -0.1) is 0 Å². The van der Waals surface area contributed by atoms with Gasteiger partial charge in [0.25, 0.3) is 0 Å². The summed E-state index contributed by atoms with van der Waals surface area (Å²) in [7, 11) is 0. The summed E-state index contributed by atoms with van der Waals surface area (Å²) < 4.78 is 42.3. The first-order chi connectivity index (χ1) is 9.94. The molecule has 9 heteroatoms. The first-order valence-corrected chi connectivity index (χ1v) is 7.51. The number of hydrogen-bond donors (Lipinski definition) is 1. The second kappa shape index (κ2) is 5.61. The topological polar surface area (TPSA) is 46.2 Å². The van der Waals surface area contributed by atoms with Gasteiger partial charge < -0.3 is 9.67 Å². The van der Waals surface area contributed by atoms with Crippen molar-refractivity contribution in [2.24, 2.45) is 0 Å². The highest BCUT2D eigenvalue weighted by Gasteiger charge is 2.54. The number of piperidine rings is 1. The molecular weight excluding hydrogens is 317 g/mol. The fourth-order valence-electron chi connectivity index (χ4n) is 2.43. The molecule has 0 atom stereocenters. The van der Waals surface area contributed by atoms with E-state index in [9.17, 15) is 18.3 Å². The Morgan fingerprint density at radius 1 is 1.27 bits per heavy atom. The van der Waals surface area contributed by atoms with Gasteiger partial charge in [-0.1, -0.05) is 0 Å². The fourth-order valence-corrected chi connectivity index (χ4v) is 2.86. The van der Waals surface area contributed by atoms with Gasteiger partial charge in [-0.05, 0) is 45.8 Å². The van der Waals surface area contributed by atoms with E-state index in [0.29, 0.717) is 11.4 Å². The van der Waals surface area contributed by atoms with Crippen LogP contribution in [0.1, 0.15) is 33.6 Å². The summed E-state index contributed by atoms with van der Waals surface area (Å²) in [5, 5.41) is 13.9. The first kappa shape index (κ1) is 17.4. The van der Waals surface area contributed by atoms with Crippen LogP contribution in [-0.4, -0.2) is 49.2 Å². The van der Waals surface area contributed by atoms with E-state index in [1.54, 1.807) is 11.0 Å². The average Bonchev–Trinajstić information content (AvgIpc) is 2.72. The van der Waals surface area contributed by atoms with Gasteiger partial charge in [0.15, 0.2) is 10.4 Å². The summed E-state index contributed by atoms with van der Waals surface area (Å²) in [4.78, 5) is 1.82. The molecule has 0 radical (unpaired) electrons. The number of halogens is 3. The lowest BCUT2D eigenvalue weighted by atomic mass is 9.91. The van der Waals surface area contributed by atoms with Crippen molar-refractivity contribution in [3.63, 3.8) is 0 Å².